The number of nitrogens with zero attached hydrogens (tertiary/aromatic N) is 2. The van der Waals surface area contributed by atoms with Gasteiger partial charge < -0.3 is 14.4 Å². The molecule has 0 N–H and O–H groups in total. The quantitative estimate of drug-likeness (QED) is 0.476. The van der Waals surface area contributed by atoms with E-state index in [0.717, 1.165) is 11.3 Å². The lowest BCUT2D eigenvalue weighted by molar-refractivity contribution is -0.139. The number of hydrogen-bond acceptors (Lipinski definition) is 9. The van der Waals surface area contributed by atoms with Gasteiger partial charge in [0.2, 0.25) is 14.2 Å². The lowest BCUT2D eigenvalue weighted by atomic mass is 10.1. The van der Waals surface area contributed by atoms with E-state index >= 15 is 0 Å². The van der Waals surface area contributed by atoms with Crippen molar-refractivity contribution in [3.05, 3.63) is 89.8 Å². The monoisotopic (exact) mass is 496 g/mol. The van der Waals surface area contributed by atoms with Crippen LogP contribution in [0.25, 0.3) is 10.2 Å². The van der Waals surface area contributed by atoms with Crippen LogP contribution in [0.4, 0.5) is 5.69 Å². The summed E-state index contributed by atoms with van der Waals surface area (Å²) in [5.74, 6) is -1.58. The summed E-state index contributed by atoms with van der Waals surface area (Å²) in [4.78, 5) is 30.8. The Bertz CT molecular complexity index is 1450. The third-order valence-corrected chi connectivity index (χ3v) is 8.15. The molecule has 0 saturated carbocycles. The number of allylic oxidation sites excluding steroid dienone is 2. The molecule has 0 bridgehead atoms. The third kappa shape index (κ3) is 4.63. The van der Waals surface area contributed by atoms with E-state index in [2.05, 4.69) is 4.98 Å². The zero-order valence-electron chi connectivity index (χ0n) is 18.3. The number of carbonyl (C=O) groups is 2. The number of rotatable bonds is 6. The molecule has 34 heavy (non-hydrogen) atoms. The summed E-state index contributed by atoms with van der Waals surface area (Å²) in [6.45, 7) is 0. The number of hydrogen-bond donors (Lipinski definition) is 0. The molecule has 3 aromatic rings. The van der Waals surface area contributed by atoms with Gasteiger partial charge in [-0.1, -0.05) is 36.4 Å². The number of anilines is 1. The first-order valence-corrected chi connectivity index (χ1v) is 12.5. The number of carbonyl (C=O) groups excluding carboxylic acids is 2. The van der Waals surface area contributed by atoms with Crippen LogP contribution in [0.2, 0.25) is 0 Å². The van der Waals surface area contributed by atoms with E-state index in [1.54, 1.807) is 60.8 Å². The van der Waals surface area contributed by atoms with Crippen molar-refractivity contribution >= 4 is 49.0 Å². The molecule has 0 amide bonds. The molecular weight excluding hydrogens is 476 g/mol. The highest BCUT2D eigenvalue weighted by atomic mass is 32.2. The fourth-order valence-electron chi connectivity index (χ4n) is 3.40. The summed E-state index contributed by atoms with van der Waals surface area (Å²) in [7, 11) is -1.20. The van der Waals surface area contributed by atoms with Gasteiger partial charge in [0.1, 0.15) is 5.70 Å². The molecule has 174 valence electrons. The van der Waals surface area contributed by atoms with Crippen molar-refractivity contribution in [2.24, 2.45) is 0 Å². The smallest absolute Gasteiger partial charge is 0.355 e. The molecule has 8 nitrogen and oxygen atoms in total. The number of esters is 2. The molecule has 1 aromatic heterocycles. The summed E-state index contributed by atoms with van der Waals surface area (Å²) >= 11 is 1.04. The third-order valence-electron chi connectivity index (χ3n) is 4.99. The van der Waals surface area contributed by atoms with E-state index < -0.39 is 21.8 Å². The molecule has 0 fully saturated rings. The molecule has 2 aromatic carbocycles. The highest BCUT2D eigenvalue weighted by Crippen LogP contribution is 2.33. The summed E-state index contributed by atoms with van der Waals surface area (Å²) in [6.07, 6.45) is 6.34. The van der Waals surface area contributed by atoms with E-state index in [-0.39, 0.29) is 21.4 Å². The Morgan fingerprint density at radius 2 is 1.74 bits per heavy atom. The van der Waals surface area contributed by atoms with E-state index in [9.17, 15) is 18.0 Å². The van der Waals surface area contributed by atoms with E-state index in [4.69, 9.17) is 9.47 Å². The second-order valence-electron chi connectivity index (χ2n) is 7.19. The van der Waals surface area contributed by atoms with Gasteiger partial charge in [0.15, 0.2) is 0 Å². The Morgan fingerprint density at radius 3 is 2.44 bits per heavy atom. The molecule has 0 aliphatic carbocycles. The highest BCUT2D eigenvalue weighted by molar-refractivity contribution is 7.92. The Kier molecular flexibility index (Phi) is 6.62. The van der Waals surface area contributed by atoms with Gasteiger partial charge in [-0.2, -0.15) is 0 Å². The zero-order chi connectivity index (χ0) is 24.3. The summed E-state index contributed by atoms with van der Waals surface area (Å²) in [5, 5.41) is 0. The topological polar surface area (TPSA) is 103 Å². The molecular formula is C24H20N2O6S2. The molecule has 0 unspecified atom stereocenters. The van der Waals surface area contributed by atoms with Crippen LogP contribution in [0, 0.1) is 0 Å². The minimum Gasteiger partial charge on any atom is -0.465 e. The molecule has 2 heterocycles. The van der Waals surface area contributed by atoms with Gasteiger partial charge in [0, 0.05) is 11.9 Å². The fourth-order valence-corrected chi connectivity index (χ4v) is 6.07. The lowest BCUT2D eigenvalue weighted by Gasteiger charge is -2.23. The maximum absolute atomic E-state index is 12.9. The van der Waals surface area contributed by atoms with Crippen LogP contribution in [0.3, 0.4) is 0 Å². The second-order valence-corrected chi connectivity index (χ2v) is 10.4. The van der Waals surface area contributed by atoms with Crippen LogP contribution in [-0.4, -0.2) is 39.6 Å². The van der Waals surface area contributed by atoms with Gasteiger partial charge in [0.25, 0.3) is 0 Å². The molecule has 10 heteroatoms. The summed E-state index contributed by atoms with van der Waals surface area (Å²) in [5.41, 5.74) is 1.70. The fraction of sp³-hybridized carbons (Fsp3) is 0.125. The molecule has 0 radical (unpaired) electrons. The van der Waals surface area contributed by atoms with Crippen molar-refractivity contribution in [2.45, 2.75) is 10.1 Å². The van der Waals surface area contributed by atoms with E-state index in [1.807, 2.05) is 6.07 Å². The Labute approximate surface area is 200 Å². The van der Waals surface area contributed by atoms with Crippen molar-refractivity contribution in [2.75, 3.05) is 19.1 Å². The number of thiazole rings is 1. The van der Waals surface area contributed by atoms with E-state index in [1.165, 1.54) is 25.2 Å². The predicted molar refractivity (Wildman–Crippen MR) is 129 cm³/mol. The number of methoxy groups -OCH3 is 2. The van der Waals surface area contributed by atoms with Crippen molar-refractivity contribution in [1.82, 2.24) is 4.98 Å². The normalized spacial score (nSPS) is 13.8. The number of fused-ring (bicyclic) bond motifs is 1. The lowest BCUT2D eigenvalue weighted by Crippen LogP contribution is -2.26. The van der Waals surface area contributed by atoms with Gasteiger partial charge in [-0.15, -0.1) is 11.3 Å². The average molecular weight is 497 g/mol. The molecule has 0 spiro atoms. The van der Waals surface area contributed by atoms with Crippen LogP contribution in [0.15, 0.2) is 88.6 Å². The maximum Gasteiger partial charge on any atom is 0.355 e. The predicted octanol–water partition coefficient (Wildman–Crippen LogP) is 3.76. The van der Waals surface area contributed by atoms with Gasteiger partial charge >= 0.3 is 11.9 Å². The maximum atomic E-state index is 12.9. The van der Waals surface area contributed by atoms with Gasteiger partial charge in [0.05, 0.1) is 35.8 Å². The number of sulfone groups is 1. The molecule has 0 atom stereocenters. The first-order valence-electron chi connectivity index (χ1n) is 10.1. The zero-order valence-corrected chi connectivity index (χ0v) is 19.9. The van der Waals surface area contributed by atoms with Crippen LogP contribution in [0.5, 0.6) is 0 Å². The Balaban J connectivity index is 1.76. The van der Waals surface area contributed by atoms with Gasteiger partial charge in [-0.3, -0.25) is 0 Å². The van der Waals surface area contributed by atoms with Gasteiger partial charge in [-0.25, -0.2) is 23.0 Å². The minimum atomic E-state index is -3.65. The summed E-state index contributed by atoms with van der Waals surface area (Å²) < 4.78 is 36.2. The Hall–Kier alpha value is -3.76. The first kappa shape index (κ1) is 23.4. The van der Waals surface area contributed by atoms with Crippen LogP contribution >= 0.6 is 11.3 Å². The van der Waals surface area contributed by atoms with Crippen molar-refractivity contribution in [3.63, 3.8) is 0 Å². The molecule has 1 aliphatic rings. The number of benzene rings is 2. The van der Waals surface area contributed by atoms with E-state index in [0.29, 0.717) is 21.5 Å². The summed E-state index contributed by atoms with van der Waals surface area (Å²) in [6, 6.07) is 14.0. The first-order chi connectivity index (χ1) is 16.3. The van der Waals surface area contributed by atoms with Crippen LogP contribution in [0.1, 0.15) is 5.56 Å². The van der Waals surface area contributed by atoms with Crippen molar-refractivity contribution in [3.8, 4) is 0 Å². The number of ether oxygens (including phenoxy) is 2. The van der Waals surface area contributed by atoms with Crippen LogP contribution in [-0.2, 0) is 34.7 Å². The average Bonchev–Trinajstić information content (AvgIpc) is 3.16. The highest BCUT2D eigenvalue weighted by Gasteiger charge is 2.28. The second kappa shape index (κ2) is 9.62. The minimum absolute atomic E-state index is 0.00978. The van der Waals surface area contributed by atoms with Crippen molar-refractivity contribution in [1.29, 1.82) is 0 Å². The van der Waals surface area contributed by atoms with Gasteiger partial charge in [-0.05, 0) is 35.9 Å². The molecule has 4 rings (SSSR count). The standard InChI is InChI=1S/C24H20N2O6S2/c1-31-22(27)18-10-6-7-13-26(21(18)23(28)32-2)17-11-12-19-20(14-17)33-24(25-19)34(29,30)15-16-8-4-3-5-9-16/h3-14H,15H2,1-2H3. The molecule has 1 aliphatic heterocycles. The number of aromatic nitrogens is 1. The Morgan fingerprint density at radius 1 is 1.00 bits per heavy atom. The van der Waals surface area contributed by atoms with Crippen molar-refractivity contribution < 1.29 is 27.5 Å². The molecule has 0 saturated heterocycles. The largest absolute Gasteiger partial charge is 0.465 e. The van der Waals surface area contributed by atoms with Crippen LogP contribution < -0.4 is 4.90 Å². The SMILES string of the molecule is COC(=O)C1=C(C(=O)OC)N(c2ccc3nc(S(=O)(=O)Cc4ccccc4)sc3c2)C=CC=C1.